The van der Waals surface area contributed by atoms with Crippen molar-refractivity contribution in [3.8, 4) is 0 Å². The van der Waals surface area contributed by atoms with Crippen molar-refractivity contribution in [1.82, 2.24) is 9.97 Å². The van der Waals surface area contributed by atoms with Gasteiger partial charge >= 0.3 is 0 Å². The summed E-state index contributed by atoms with van der Waals surface area (Å²) in [5, 5.41) is 2.59. The minimum Gasteiger partial charge on any atom is -0.383 e. The fourth-order valence-corrected chi connectivity index (χ4v) is 2.44. The minimum absolute atomic E-state index is 0.0317. The smallest absolute Gasteiger partial charge is 0.226 e. The Morgan fingerprint density at radius 2 is 2.00 bits per heavy atom. The highest BCUT2D eigenvalue weighted by Gasteiger charge is 2.32. The standard InChI is InChI=1S/C13H12FN5O/c14-8-4-2-1-3-6(8)7-5-9(20)17-12-10(7)11(15)18-13(16)19-12/h1-4,7H,5H2,(H5,15,16,17,18,19,20)/t7-/m1/s1. The molecule has 2 heterocycles. The molecule has 1 aromatic carbocycles. The van der Waals surface area contributed by atoms with E-state index in [9.17, 15) is 9.18 Å². The Hall–Kier alpha value is -2.70. The molecule has 0 spiro atoms. The van der Waals surface area contributed by atoms with E-state index in [2.05, 4.69) is 15.3 Å². The molecule has 7 heteroatoms. The molecular weight excluding hydrogens is 261 g/mol. The lowest BCUT2D eigenvalue weighted by molar-refractivity contribution is -0.116. The number of benzene rings is 1. The topological polar surface area (TPSA) is 107 Å². The lowest BCUT2D eigenvalue weighted by Crippen LogP contribution is -2.27. The van der Waals surface area contributed by atoms with E-state index in [0.29, 0.717) is 11.1 Å². The van der Waals surface area contributed by atoms with E-state index in [4.69, 9.17) is 11.5 Å². The number of fused-ring (bicyclic) bond motifs is 1. The summed E-state index contributed by atoms with van der Waals surface area (Å²) < 4.78 is 14.0. The van der Waals surface area contributed by atoms with E-state index in [-0.39, 0.29) is 29.9 Å². The number of aromatic nitrogens is 2. The van der Waals surface area contributed by atoms with Gasteiger partial charge in [-0.1, -0.05) is 18.2 Å². The Labute approximate surface area is 114 Å². The molecule has 1 amide bonds. The van der Waals surface area contributed by atoms with Crippen LogP contribution < -0.4 is 16.8 Å². The zero-order valence-electron chi connectivity index (χ0n) is 10.4. The number of rotatable bonds is 1. The van der Waals surface area contributed by atoms with Crippen LogP contribution in [0.1, 0.15) is 23.5 Å². The van der Waals surface area contributed by atoms with Crippen molar-refractivity contribution in [3.63, 3.8) is 0 Å². The van der Waals surface area contributed by atoms with Gasteiger partial charge in [-0.2, -0.15) is 9.97 Å². The van der Waals surface area contributed by atoms with Crippen molar-refractivity contribution in [3.05, 3.63) is 41.2 Å². The maximum absolute atomic E-state index is 14.0. The van der Waals surface area contributed by atoms with Gasteiger partial charge in [0.2, 0.25) is 11.9 Å². The molecule has 20 heavy (non-hydrogen) atoms. The highest BCUT2D eigenvalue weighted by molar-refractivity contribution is 5.95. The monoisotopic (exact) mass is 273 g/mol. The molecule has 0 radical (unpaired) electrons. The van der Waals surface area contributed by atoms with Crippen molar-refractivity contribution in [2.45, 2.75) is 12.3 Å². The maximum atomic E-state index is 14.0. The van der Waals surface area contributed by atoms with E-state index >= 15 is 0 Å². The Balaban J connectivity index is 2.20. The number of halogens is 1. The van der Waals surface area contributed by atoms with Crippen molar-refractivity contribution >= 4 is 23.5 Å². The summed E-state index contributed by atoms with van der Waals surface area (Å²) in [6, 6.07) is 6.26. The zero-order valence-corrected chi connectivity index (χ0v) is 10.4. The molecule has 0 saturated heterocycles. The number of nitrogens with zero attached hydrogens (tertiary/aromatic N) is 2. The molecule has 1 aliphatic heterocycles. The highest BCUT2D eigenvalue weighted by atomic mass is 19.1. The van der Waals surface area contributed by atoms with Crippen LogP contribution in [0.3, 0.4) is 0 Å². The predicted octanol–water partition coefficient (Wildman–Crippen LogP) is 1.25. The van der Waals surface area contributed by atoms with Gasteiger partial charge in [0.15, 0.2) is 0 Å². The van der Waals surface area contributed by atoms with Gasteiger partial charge in [-0.15, -0.1) is 0 Å². The van der Waals surface area contributed by atoms with Crippen LogP contribution in [0.25, 0.3) is 0 Å². The number of nitrogens with one attached hydrogen (secondary N) is 1. The van der Waals surface area contributed by atoms with E-state index in [0.717, 1.165) is 0 Å². The molecule has 0 saturated carbocycles. The molecule has 0 aliphatic carbocycles. The van der Waals surface area contributed by atoms with Crippen LogP contribution in [-0.4, -0.2) is 15.9 Å². The molecule has 1 atom stereocenters. The fraction of sp³-hybridized carbons (Fsp3) is 0.154. The third-order valence-corrected chi connectivity index (χ3v) is 3.27. The average molecular weight is 273 g/mol. The summed E-state index contributed by atoms with van der Waals surface area (Å²) in [5.74, 6) is -0.797. The van der Waals surface area contributed by atoms with Gasteiger partial charge in [-0.25, -0.2) is 4.39 Å². The molecule has 0 unspecified atom stereocenters. The number of nitrogen functional groups attached to an aromatic ring is 2. The van der Waals surface area contributed by atoms with Crippen LogP contribution in [0.15, 0.2) is 24.3 Å². The van der Waals surface area contributed by atoms with Crippen LogP contribution in [-0.2, 0) is 4.79 Å². The summed E-state index contributed by atoms with van der Waals surface area (Å²) in [6.45, 7) is 0. The summed E-state index contributed by atoms with van der Waals surface area (Å²) in [6.07, 6.45) is 0.0887. The van der Waals surface area contributed by atoms with Crippen LogP contribution in [0, 0.1) is 5.82 Å². The first kappa shape index (κ1) is 12.3. The van der Waals surface area contributed by atoms with Crippen LogP contribution in [0.4, 0.5) is 22.0 Å². The third kappa shape index (κ3) is 1.93. The average Bonchev–Trinajstić information content (AvgIpc) is 2.37. The summed E-state index contributed by atoms with van der Waals surface area (Å²) in [7, 11) is 0. The number of nitrogens with two attached hydrogens (primary N) is 2. The van der Waals surface area contributed by atoms with E-state index in [1.807, 2.05) is 0 Å². The predicted molar refractivity (Wildman–Crippen MR) is 72.3 cm³/mol. The van der Waals surface area contributed by atoms with Gasteiger partial charge in [0, 0.05) is 17.9 Å². The van der Waals surface area contributed by atoms with Gasteiger partial charge in [0.1, 0.15) is 17.5 Å². The first-order valence-corrected chi connectivity index (χ1v) is 6.03. The number of hydrogen-bond donors (Lipinski definition) is 3. The molecule has 5 N–H and O–H groups in total. The largest absolute Gasteiger partial charge is 0.383 e. The second-order valence-corrected chi connectivity index (χ2v) is 4.56. The molecule has 0 fully saturated rings. The quantitative estimate of drug-likeness (QED) is 0.725. The normalized spacial score (nSPS) is 17.4. The SMILES string of the molecule is Nc1nc(N)c2c(n1)NC(=O)C[C@@H]2c1ccccc1F. The second kappa shape index (κ2) is 4.44. The fourth-order valence-electron chi connectivity index (χ4n) is 2.44. The number of amides is 1. The minimum atomic E-state index is -0.513. The van der Waals surface area contributed by atoms with E-state index < -0.39 is 11.7 Å². The van der Waals surface area contributed by atoms with Crippen LogP contribution >= 0.6 is 0 Å². The Morgan fingerprint density at radius 1 is 1.25 bits per heavy atom. The molecule has 2 aromatic rings. The third-order valence-electron chi connectivity index (χ3n) is 3.27. The zero-order chi connectivity index (χ0) is 14.3. The molecule has 0 bridgehead atoms. The van der Waals surface area contributed by atoms with E-state index in [1.165, 1.54) is 6.07 Å². The lowest BCUT2D eigenvalue weighted by Gasteiger charge is -2.26. The van der Waals surface area contributed by atoms with Crippen LogP contribution in [0.5, 0.6) is 0 Å². The summed E-state index contributed by atoms with van der Waals surface area (Å²) in [4.78, 5) is 19.6. The molecule has 1 aromatic heterocycles. The van der Waals surface area contributed by atoms with Gasteiger partial charge in [-0.3, -0.25) is 4.79 Å². The van der Waals surface area contributed by atoms with E-state index in [1.54, 1.807) is 18.2 Å². The highest BCUT2D eigenvalue weighted by Crippen LogP contribution is 2.39. The number of hydrogen-bond acceptors (Lipinski definition) is 5. The van der Waals surface area contributed by atoms with Gasteiger partial charge < -0.3 is 16.8 Å². The van der Waals surface area contributed by atoms with Gasteiger partial charge in [0.05, 0.1) is 0 Å². The second-order valence-electron chi connectivity index (χ2n) is 4.56. The number of carbonyl (C=O) groups is 1. The molecule has 6 nitrogen and oxygen atoms in total. The molecule has 1 aliphatic rings. The van der Waals surface area contributed by atoms with Crippen molar-refractivity contribution in [1.29, 1.82) is 0 Å². The van der Waals surface area contributed by atoms with Crippen molar-refractivity contribution < 1.29 is 9.18 Å². The Bertz CT molecular complexity index is 703. The van der Waals surface area contributed by atoms with Crippen molar-refractivity contribution in [2.24, 2.45) is 0 Å². The van der Waals surface area contributed by atoms with Crippen LogP contribution in [0.2, 0.25) is 0 Å². The summed E-state index contributed by atoms with van der Waals surface area (Å²) in [5.41, 5.74) is 12.3. The lowest BCUT2D eigenvalue weighted by atomic mass is 9.86. The first-order valence-electron chi connectivity index (χ1n) is 6.03. The molecular formula is C13H12FN5O. The maximum Gasteiger partial charge on any atom is 0.226 e. The van der Waals surface area contributed by atoms with Gasteiger partial charge in [0.25, 0.3) is 0 Å². The first-order chi connectivity index (χ1) is 9.56. The molecule has 102 valence electrons. The Morgan fingerprint density at radius 3 is 2.75 bits per heavy atom. The van der Waals surface area contributed by atoms with Crippen molar-refractivity contribution in [2.75, 3.05) is 16.8 Å². The van der Waals surface area contributed by atoms with Gasteiger partial charge in [-0.05, 0) is 11.6 Å². The Kier molecular flexibility index (Phi) is 2.74. The summed E-state index contributed by atoms with van der Waals surface area (Å²) >= 11 is 0. The number of carbonyl (C=O) groups excluding carboxylic acids is 1. The number of anilines is 3. The molecule has 3 rings (SSSR count).